The van der Waals surface area contributed by atoms with Gasteiger partial charge in [0, 0.05) is 28.9 Å². The lowest BCUT2D eigenvalue weighted by Crippen LogP contribution is -2.30. The van der Waals surface area contributed by atoms with Crippen molar-refractivity contribution in [3.05, 3.63) is 28.2 Å². The first-order valence-electron chi connectivity index (χ1n) is 6.93. The molecule has 0 fully saturated rings. The second-order valence-electron chi connectivity index (χ2n) is 4.46. The number of carbonyl (C=O) groups is 2. The molecule has 0 aromatic heterocycles. The van der Waals surface area contributed by atoms with Gasteiger partial charge in [0.1, 0.15) is 0 Å². The molecule has 0 heterocycles. The fourth-order valence-corrected chi connectivity index (χ4v) is 3.47. The molecule has 0 atom stereocenters. The van der Waals surface area contributed by atoms with E-state index in [-0.39, 0.29) is 5.91 Å². The highest BCUT2D eigenvalue weighted by atomic mass is 79.9. The first-order chi connectivity index (χ1) is 9.99. The second-order valence-corrected chi connectivity index (χ2v) is 6.52. The first-order valence-corrected chi connectivity index (χ1v) is 8.70. The Morgan fingerprint density at radius 1 is 1.29 bits per heavy atom. The number of carbonyl (C=O) groups excluding carboxylic acids is 1. The molecule has 0 radical (unpaired) electrons. The Hall–Kier alpha value is -1.01. The Bertz CT molecular complexity index is 504. The zero-order valence-electron chi connectivity index (χ0n) is 12.3. The predicted octanol–water partition coefficient (Wildman–Crippen LogP) is 3.89. The van der Waals surface area contributed by atoms with E-state index in [9.17, 15) is 9.59 Å². The van der Waals surface area contributed by atoms with Gasteiger partial charge in [-0.2, -0.15) is 0 Å². The summed E-state index contributed by atoms with van der Waals surface area (Å²) < 4.78 is 0.856. The van der Waals surface area contributed by atoms with Crippen molar-refractivity contribution in [2.24, 2.45) is 0 Å². The summed E-state index contributed by atoms with van der Waals surface area (Å²) in [6, 6.07) is 5.12. The number of aromatic carboxylic acids is 1. The number of halogens is 1. The summed E-state index contributed by atoms with van der Waals surface area (Å²) in [5.74, 6) is -0.0403. The minimum atomic E-state index is -0.927. The molecule has 0 unspecified atom stereocenters. The zero-order valence-corrected chi connectivity index (χ0v) is 14.7. The van der Waals surface area contributed by atoms with Crippen molar-refractivity contribution in [2.75, 3.05) is 18.8 Å². The van der Waals surface area contributed by atoms with Gasteiger partial charge in [0.15, 0.2) is 0 Å². The summed E-state index contributed by atoms with van der Waals surface area (Å²) in [5.41, 5.74) is 0.304. The van der Waals surface area contributed by atoms with Crippen LogP contribution in [0.5, 0.6) is 0 Å². The zero-order chi connectivity index (χ0) is 15.8. The molecule has 6 heteroatoms. The molecule has 0 aliphatic rings. The lowest BCUT2D eigenvalue weighted by molar-refractivity contribution is -0.130. The van der Waals surface area contributed by atoms with Gasteiger partial charge in [-0.15, -0.1) is 11.8 Å². The molecule has 0 aliphatic carbocycles. The summed E-state index contributed by atoms with van der Waals surface area (Å²) >= 11 is 4.83. The van der Waals surface area contributed by atoms with Gasteiger partial charge in [0.25, 0.3) is 0 Å². The minimum Gasteiger partial charge on any atom is -0.478 e. The SMILES string of the molecule is CCN(CC)C(=O)CCCSc1cc(Br)ccc1C(=O)O. The average Bonchev–Trinajstić information content (AvgIpc) is 2.44. The van der Waals surface area contributed by atoms with E-state index in [0.29, 0.717) is 12.0 Å². The molecule has 0 bridgehead atoms. The highest BCUT2D eigenvalue weighted by molar-refractivity contribution is 9.10. The van der Waals surface area contributed by atoms with Crippen LogP contribution in [0.3, 0.4) is 0 Å². The summed E-state index contributed by atoms with van der Waals surface area (Å²) in [7, 11) is 0. The number of benzene rings is 1. The Morgan fingerprint density at radius 2 is 1.95 bits per heavy atom. The highest BCUT2D eigenvalue weighted by Crippen LogP contribution is 2.27. The normalized spacial score (nSPS) is 10.4. The Labute approximate surface area is 138 Å². The fourth-order valence-electron chi connectivity index (χ4n) is 1.93. The van der Waals surface area contributed by atoms with Crippen molar-refractivity contribution in [3.63, 3.8) is 0 Å². The van der Waals surface area contributed by atoms with Gasteiger partial charge < -0.3 is 10.0 Å². The molecule has 4 nitrogen and oxygen atoms in total. The van der Waals surface area contributed by atoms with Gasteiger partial charge in [-0.1, -0.05) is 15.9 Å². The van der Waals surface area contributed by atoms with E-state index in [2.05, 4.69) is 15.9 Å². The van der Waals surface area contributed by atoms with Crippen LogP contribution in [0.2, 0.25) is 0 Å². The third-order valence-electron chi connectivity index (χ3n) is 3.08. The van der Waals surface area contributed by atoms with E-state index in [0.717, 1.165) is 34.6 Å². The van der Waals surface area contributed by atoms with Crippen LogP contribution in [0.15, 0.2) is 27.6 Å². The van der Waals surface area contributed by atoms with Gasteiger partial charge in [-0.25, -0.2) is 4.79 Å². The topological polar surface area (TPSA) is 57.6 Å². The van der Waals surface area contributed by atoms with E-state index in [1.807, 2.05) is 18.7 Å². The quantitative estimate of drug-likeness (QED) is 0.554. The summed E-state index contributed by atoms with van der Waals surface area (Å²) in [6.07, 6.45) is 1.25. The van der Waals surface area contributed by atoms with Crippen LogP contribution < -0.4 is 0 Å². The molecule has 0 saturated heterocycles. The number of amides is 1. The Morgan fingerprint density at radius 3 is 2.52 bits per heavy atom. The molecular formula is C15H20BrNO3S. The fraction of sp³-hybridized carbons (Fsp3) is 0.467. The lowest BCUT2D eigenvalue weighted by Gasteiger charge is -2.18. The number of thioether (sulfide) groups is 1. The Balaban J connectivity index is 2.51. The van der Waals surface area contributed by atoms with Gasteiger partial charge in [-0.3, -0.25) is 4.79 Å². The van der Waals surface area contributed by atoms with Crippen molar-refractivity contribution in [3.8, 4) is 0 Å². The predicted molar refractivity (Wildman–Crippen MR) is 89.0 cm³/mol. The molecule has 0 saturated carbocycles. The van der Waals surface area contributed by atoms with Crippen LogP contribution >= 0.6 is 27.7 Å². The smallest absolute Gasteiger partial charge is 0.336 e. The molecule has 1 amide bonds. The third-order valence-corrected chi connectivity index (χ3v) is 4.72. The van der Waals surface area contributed by atoms with Gasteiger partial charge in [0.05, 0.1) is 5.56 Å². The molecule has 0 spiro atoms. The molecular weight excluding hydrogens is 354 g/mol. The van der Waals surface area contributed by atoms with Crippen molar-refractivity contribution in [2.45, 2.75) is 31.6 Å². The van der Waals surface area contributed by atoms with Crippen molar-refractivity contribution in [1.82, 2.24) is 4.90 Å². The number of carboxylic acid groups (broad SMARTS) is 1. The maximum absolute atomic E-state index is 11.9. The monoisotopic (exact) mass is 373 g/mol. The number of carboxylic acids is 1. The van der Waals surface area contributed by atoms with E-state index < -0.39 is 5.97 Å². The summed E-state index contributed by atoms with van der Waals surface area (Å²) in [5, 5.41) is 9.15. The van der Waals surface area contributed by atoms with E-state index >= 15 is 0 Å². The van der Waals surface area contributed by atoms with Gasteiger partial charge in [-0.05, 0) is 44.2 Å². The van der Waals surface area contributed by atoms with Crippen LogP contribution in [0.25, 0.3) is 0 Å². The van der Waals surface area contributed by atoms with E-state index in [4.69, 9.17) is 5.11 Å². The molecule has 116 valence electrons. The van der Waals surface area contributed by atoms with E-state index in [1.165, 1.54) is 11.8 Å². The summed E-state index contributed by atoms with van der Waals surface area (Å²) in [6.45, 7) is 5.40. The lowest BCUT2D eigenvalue weighted by atomic mass is 10.2. The van der Waals surface area contributed by atoms with Crippen LogP contribution in [0, 0.1) is 0 Å². The van der Waals surface area contributed by atoms with Gasteiger partial charge >= 0.3 is 5.97 Å². The average molecular weight is 374 g/mol. The second kappa shape index (κ2) is 9.10. The van der Waals surface area contributed by atoms with Gasteiger partial charge in [0.2, 0.25) is 5.91 Å². The number of nitrogens with zero attached hydrogens (tertiary/aromatic N) is 1. The van der Waals surface area contributed by atoms with Crippen LogP contribution in [0.4, 0.5) is 0 Å². The number of hydrogen-bond donors (Lipinski definition) is 1. The standard InChI is InChI=1S/C15H20BrNO3S/c1-3-17(4-2)14(18)6-5-9-21-13-10-11(16)7-8-12(13)15(19)20/h7-8,10H,3-6,9H2,1-2H3,(H,19,20). The maximum Gasteiger partial charge on any atom is 0.336 e. The molecule has 1 N–H and O–H groups in total. The van der Waals surface area contributed by atoms with Crippen LogP contribution in [0.1, 0.15) is 37.0 Å². The maximum atomic E-state index is 11.9. The van der Waals surface area contributed by atoms with E-state index in [1.54, 1.807) is 18.2 Å². The van der Waals surface area contributed by atoms with Crippen LogP contribution in [-0.4, -0.2) is 40.7 Å². The molecule has 21 heavy (non-hydrogen) atoms. The van der Waals surface area contributed by atoms with Crippen molar-refractivity contribution < 1.29 is 14.7 Å². The largest absolute Gasteiger partial charge is 0.478 e. The van der Waals surface area contributed by atoms with Crippen molar-refractivity contribution in [1.29, 1.82) is 0 Å². The van der Waals surface area contributed by atoms with Crippen molar-refractivity contribution >= 4 is 39.6 Å². The highest BCUT2D eigenvalue weighted by Gasteiger charge is 2.12. The molecule has 1 aromatic rings. The Kier molecular flexibility index (Phi) is 7.82. The number of hydrogen-bond acceptors (Lipinski definition) is 3. The molecule has 1 aromatic carbocycles. The third kappa shape index (κ3) is 5.71. The number of rotatable bonds is 8. The molecule has 1 rings (SSSR count). The van der Waals surface area contributed by atoms with Crippen LogP contribution in [-0.2, 0) is 4.79 Å². The molecule has 0 aliphatic heterocycles. The summed E-state index contributed by atoms with van der Waals surface area (Å²) in [4.78, 5) is 25.6. The first kappa shape index (κ1) is 18.0. The minimum absolute atomic E-state index is 0.160.